The van der Waals surface area contributed by atoms with Crippen LogP contribution in [0.5, 0.6) is 0 Å². The third-order valence-corrected chi connectivity index (χ3v) is 11.3. The van der Waals surface area contributed by atoms with Crippen LogP contribution in [0.2, 0.25) is 0 Å². The summed E-state index contributed by atoms with van der Waals surface area (Å²) in [6.07, 6.45) is 2.99. The minimum Gasteiger partial charge on any atom is -0.339 e. The van der Waals surface area contributed by atoms with Crippen LogP contribution >= 0.6 is 11.3 Å². The zero-order valence-electron chi connectivity index (χ0n) is 21.7. The Morgan fingerprint density at radius 3 is 2.30 bits per heavy atom. The molecule has 3 aromatic heterocycles. The van der Waals surface area contributed by atoms with E-state index in [9.17, 15) is 16.8 Å². The molecule has 0 bridgehead atoms. The summed E-state index contributed by atoms with van der Waals surface area (Å²) in [6, 6.07) is 26.4. The van der Waals surface area contributed by atoms with Gasteiger partial charge in [-0.2, -0.15) is 0 Å². The van der Waals surface area contributed by atoms with E-state index in [1.165, 1.54) is 28.9 Å². The molecular formula is C30H25N3O4S3. The van der Waals surface area contributed by atoms with Gasteiger partial charge in [0.2, 0.25) is 10.0 Å². The smallest absolute Gasteiger partial charge is 0.231 e. The van der Waals surface area contributed by atoms with Gasteiger partial charge in [0, 0.05) is 40.7 Å². The molecule has 0 radical (unpaired) electrons. The van der Waals surface area contributed by atoms with E-state index in [1.807, 2.05) is 66.9 Å². The number of anilines is 1. The maximum atomic E-state index is 13.0. The lowest BCUT2D eigenvalue weighted by atomic mass is 9.92. The Hall–Kier alpha value is -3.99. The molecule has 0 amide bonds. The van der Waals surface area contributed by atoms with Crippen molar-refractivity contribution in [2.45, 2.75) is 9.96 Å². The molecule has 0 unspecified atom stereocenters. The number of sulfonamides is 1. The van der Waals surface area contributed by atoms with Gasteiger partial charge in [-0.3, -0.25) is 4.31 Å². The number of nitrogens with zero attached hydrogens (tertiary/aromatic N) is 2. The average Bonchev–Trinajstić information content (AvgIpc) is 3.61. The molecule has 0 aliphatic rings. The van der Waals surface area contributed by atoms with Crippen LogP contribution in [-0.2, 0) is 25.6 Å². The van der Waals surface area contributed by atoms with Crippen molar-refractivity contribution in [2.75, 3.05) is 17.6 Å². The van der Waals surface area contributed by atoms with E-state index in [0.717, 1.165) is 38.5 Å². The first kappa shape index (κ1) is 26.2. The van der Waals surface area contributed by atoms with E-state index in [4.69, 9.17) is 4.98 Å². The minimum atomic E-state index is -3.46. The predicted octanol–water partition coefficient (Wildman–Crippen LogP) is 6.48. The Labute approximate surface area is 236 Å². The molecule has 7 nitrogen and oxygen atoms in total. The number of nitrogens with one attached hydrogen (secondary N) is 1. The van der Waals surface area contributed by atoms with Crippen molar-refractivity contribution in [3.63, 3.8) is 0 Å². The van der Waals surface area contributed by atoms with Crippen molar-refractivity contribution in [1.29, 1.82) is 0 Å². The number of benzene rings is 3. The van der Waals surface area contributed by atoms with Crippen molar-refractivity contribution < 1.29 is 16.8 Å². The van der Waals surface area contributed by atoms with Gasteiger partial charge in [0.05, 0.1) is 17.7 Å². The Kier molecular flexibility index (Phi) is 6.48. The summed E-state index contributed by atoms with van der Waals surface area (Å²) < 4.78 is 51.7. The third-order valence-electron chi connectivity index (χ3n) is 6.95. The maximum Gasteiger partial charge on any atom is 0.231 e. The molecule has 202 valence electrons. The molecule has 3 aromatic carbocycles. The summed E-state index contributed by atoms with van der Waals surface area (Å²) in [5.41, 5.74) is 6.52. The topological polar surface area (TPSA) is 100 Å². The molecule has 6 aromatic rings. The Morgan fingerprint density at radius 1 is 0.875 bits per heavy atom. The summed E-state index contributed by atoms with van der Waals surface area (Å²) in [5, 5.41) is 3.54. The SMILES string of the molecule is CN(c1ccc(-c2cnc3[nH]c4ccc(CS(=O)(=O)c5cccs5)cc4c3c2-c2ccccc2)cc1)S(C)(=O)=O. The quantitative estimate of drug-likeness (QED) is 0.230. The highest BCUT2D eigenvalue weighted by atomic mass is 32.2. The number of pyridine rings is 1. The van der Waals surface area contributed by atoms with Crippen LogP contribution in [0, 0.1) is 0 Å². The average molecular weight is 588 g/mol. The van der Waals surface area contributed by atoms with E-state index in [2.05, 4.69) is 4.98 Å². The summed E-state index contributed by atoms with van der Waals surface area (Å²) >= 11 is 1.22. The summed E-state index contributed by atoms with van der Waals surface area (Å²) in [7, 11) is -5.33. The molecule has 6 rings (SSSR count). The number of rotatable bonds is 7. The third kappa shape index (κ3) is 4.78. The first-order valence-corrected chi connectivity index (χ1v) is 16.8. The Balaban J connectivity index is 1.55. The van der Waals surface area contributed by atoms with Gasteiger partial charge in [0.1, 0.15) is 9.86 Å². The van der Waals surface area contributed by atoms with Crippen LogP contribution in [0.15, 0.2) is 101 Å². The number of hydrogen-bond acceptors (Lipinski definition) is 6. The zero-order valence-corrected chi connectivity index (χ0v) is 24.1. The number of aromatic amines is 1. The fourth-order valence-corrected chi connectivity index (χ4v) is 7.82. The zero-order chi connectivity index (χ0) is 28.1. The second-order valence-corrected chi connectivity index (χ2v) is 14.8. The Morgan fingerprint density at radius 2 is 1.62 bits per heavy atom. The van der Waals surface area contributed by atoms with E-state index < -0.39 is 19.9 Å². The predicted molar refractivity (Wildman–Crippen MR) is 163 cm³/mol. The van der Waals surface area contributed by atoms with Gasteiger partial charge >= 0.3 is 0 Å². The highest BCUT2D eigenvalue weighted by Crippen LogP contribution is 2.41. The van der Waals surface area contributed by atoms with Gasteiger partial charge in [-0.1, -0.05) is 54.6 Å². The lowest BCUT2D eigenvalue weighted by Crippen LogP contribution is -2.24. The first-order valence-electron chi connectivity index (χ1n) is 12.4. The van der Waals surface area contributed by atoms with Gasteiger partial charge < -0.3 is 4.98 Å². The van der Waals surface area contributed by atoms with Crippen molar-refractivity contribution >= 4 is 58.8 Å². The van der Waals surface area contributed by atoms with E-state index in [-0.39, 0.29) is 5.75 Å². The first-order chi connectivity index (χ1) is 19.1. The van der Waals surface area contributed by atoms with Crippen LogP contribution < -0.4 is 4.31 Å². The number of hydrogen-bond donors (Lipinski definition) is 1. The molecule has 10 heteroatoms. The monoisotopic (exact) mass is 587 g/mol. The maximum absolute atomic E-state index is 13.0. The molecule has 0 aliphatic heterocycles. The lowest BCUT2D eigenvalue weighted by Gasteiger charge is -2.17. The molecule has 0 saturated heterocycles. The summed E-state index contributed by atoms with van der Waals surface area (Å²) in [4.78, 5) is 8.14. The highest BCUT2D eigenvalue weighted by molar-refractivity contribution is 7.92. The van der Waals surface area contributed by atoms with Gasteiger partial charge in [-0.05, 0) is 52.4 Å². The van der Waals surface area contributed by atoms with Gasteiger partial charge in [0.25, 0.3) is 0 Å². The van der Waals surface area contributed by atoms with Crippen molar-refractivity contribution in [2.24, 2.45) is 0 Å². The molecule has 0 fully saturated rings. The molecule has 1 N–H and O–H groups in total. The van der Waals surface area contributed by atoms with Crippen LogP contribution in [0.4, 0.5) is 5.69 Å². The molecular weight excluding hydrogens is 563 g/mol. The van der Waals surface area contributed by atoms with Crippen molar-refractivity contribution in [3.8, 4) is 22.3 Å². The number of thiophene rings is 1. The fraction of sp³-hybridized carbons (Fsp3) is 0.100. The number of sulfone groups is 1. The second-order valence-electron chi connectivity index (χ2n) is 9.61. The summed E-state index contributed by atoms with van der Waals surface area (Å²) in [5.74, 6) is -0.0980. The van der Waals surface area contributed by atoms with E-state index in [0.29, 0.717) is 21.1 Å². The minimum absolute atomic E-state index is 0.0980. The van der Waals surface area contributed by atoms with E-state index >= 15 is 0 Å². The number of fused-ring (bicyclic) bond motifs is 3. The van der Waals surface area contributed by atoms with Crippen molar-refractivity contribution in [1.82, 2.24) is 9.97 Å². The van der Waals surface area contributed by atoms with Gasteiger partial charge in [0.15, 0.2) is 9.84 Å². The largest absolute Gasteiger partial charge is 0.339 e. The summed E-state index contributed by atoms with van der Waals surface area (Å²) in [6.45, 7) is 0. The molecule has 0 saturated carbocycles. The lowest BCUT2D eigenvalue weighted by molar-refractivity contribution is 0.596. The molecule has 0 atom stereocenters. The van der Waals surface area contributed by atoms with Crippen molar-refractivity contribution in [3.05, 3.63) is 102 Å². The van der Waals surface area contributed by atoms with Crippen LogP contribution in [0.1, 0.15) is 5.56 Å². The Bertz CT molecular complexity index is 2070. The van der Waals surface area contributed by atoms with Gasteiger partial charge in [-0.25, -0.2) is 21.8 Å². The molecule has 3 heterocycles. The highest BCUT2D eigenvalue weighted by Gasteiger charge is 2.21. The number of aromatic nitrogens is 2. The second kappa shape index (κ2) is 9.88. The van der Waals surface area contributed by atoms with Crippen LogP contribution in [0.3, 0.4) is 0 Å². The molecule has 40 heavy (non-hydrogen) atoms. The van der Waals surface area contributed by atoms with Gasteiger partial charge in [-0.15, -0.1) is 11.3 Å². The normalized spacial score (nSPS) is 12.2. The molecule has 0 aliphatic carbocycles. The standard InChI is InChI=1S/C30H25N3O4S3/c1-33(39(2,34)35)23-13-11-21(12-14-23)25-18-31-30-29(28(25)22-7-4-3-5-8-22)24-17-20(10-15-26(24)32-30)19-40(36,37)27-9-6-16-38-27/h3-18H,19H2,1-2H3,(H,31,32). The van der Waals surface area contributed by atoms with Crippen LogP contribution in [-0.4, -0.2) is 40.1 Å². The fourth-order valence-electron chi connectivity index (χ4n) is 4.89. The molecule has 0 spiro atoms. The number of H-pyrrole nitrogens is 1. The van der Waals surface area contributed by atoms with E-state index in [1.54, 1.807) is 29.6 Å². The van der Waals surface area contributed by atoms with Crippen LogP contribution in [0.25, 0.3) is 44.2 Å².